The normalized spacial score (nSPS) is 23.3. The molecule has 5 nitrogen and oxygen atoms in total. The minimum absolute atomic E-state index is 0.207. The van der Waals surface area contributed by atoms with E-state index in [1.54, 1.807) is 0 Å². The van der Waals surface area contributed by atoms with E-state index < -0.39 is 12.3 Å². The van der Waals surface area contributed by atoms with Gasteiger partial charge in [0.25, 0.3) is 0 Å². The number of carbonyl (C=O) groups is 2. The summed E-state index contributed by atoms with van der Waals surface area (Å²) in [6.07, 6.45) is -0.983. The first-order chi connectivity index (χ1) is 4.68. The van der Waals surface area contributed by atoms with Gasteiger partial charge in [-0.25, -0.2) is 4.79 Å². The van der Waals surface area contributed by atoms with Crippen LogP contribution in [-0.2, 0) is 9.53 Å². The molecule has 1 unspecified atom stereocenters. The predicted octanol–water partition coefficient (Wildman–Crippen LogP) is -0.812. The number of carbonyl (C=O) groups excluding carboxylic acids is 2. The number of cyclic esters (lactones) is 1. The molecule has 5 heteroatoms. The molecule has 0 bridgehead atoms. The highest BCUT2D eigenvalue weighted by Crippen LogP contribution is 1.94. The summed E-state index contributed by atoms with van der Waals surface area (Å²) < 4.78 is 4.59. The van der Waals surface area contributed by atoms with Crippen molar-refractivity contribution in [2.24, 2.45) is 0 Å². The summed E-state index contributed by atoms with van der Waals surface area (Å²) in [5.74, 6) is -0.207. The molecule has 0 aliphatic carbocycles. The third-order valence-electron chi connectivity index (χ3n) is 1.05. The lowest BCUT2D eigenvalue weighted by Gasteiger charge is -2.06. The van der Waals surface area contributed by atoms with E-state index in [0.29, 0.717) is 6.54 Å². The monoisotopic (exact) mass is 144 g/mol. The summed E-state index contributed by atoms with van der Waals surface area (Å²) in [5, 5.41) is 4.83. The Kier molecular flexibility index (Phi) is 1.75. The van der Waals surface area contributed by atoms with Crippen molar-refractivity contribution in [3.8, 4) is 0 Å². The maximum Gasteiger partial charge on any atom is 0.409 e. The Morgan fingerprint density at radius 3 is 3.00 bits per heavy atom. The quantitative estimate of drug-likeness (QED) is 0.505. The van der Waals surface area contributed by atoms with Gasteiger partial charge in [-0.05, 0) is 0 Å². The fourth-order valence-corrected chi connectivity index (χ4v) is 0.696. The fraction of sp³-hybridized carbons (Fsp3) is 0.600. The van der Waals surface area contributed by atoms with Gasteiger partial charge in [-0.2, -0.15) is 0 Å². The van der Waals surface area contributed by atoms with Gasteiger partial charge in [0.15, 0.2) is 6.23 Å². The highest BCUT2D eigenvalue weighted by atomic mass is 16.6. The SMILES string of the molecule is CC(=O)NC1CNC(=O)O1. The topological polar surface area (TPSA) is 67.4 Å². The zero-order valence-corrected chi connectivity index (χ0v) is 5.51. The van der Waals surface area contributed by atoms with Crippen molar-refractivity contribution >= 4 is 12.0 Å². The van der Waals surface area contributed by atoms with E-state index in [0.717, 1.165) is 0 Å². The van der Waals surface area contributed by atoms with Crippen LogP contribution >= 0.6 is 0 Å². The van der Waals surface area contributed by atoms with Crippen LogP contribution in [0.25, 0.3) is 0 Å². The smallest absolute Gasteiger partial charge is 0.409 e. The molecule has 56 valence electrons. The summed E-state index contributed by atoms with van der Waals surface area (Å²) in [4.78, 5) is 20.7. The molecule has 0 saturated carbocycles. The van der Waals surface area contributed by atoms with Gasteiger partial charge in [0.2, 0.25) is 5.91 Å². The van der Waals surface area contributed by atoms with E-state index >= 15 is 0 Å². The Hall–Kier alpha value is -1.26. The highest BCUT2D eigenvalue weighted by molar-refractivity contribution is 5.75. The van der Waals surface area contributed by atoms with Crippen molar-refractivity contribution in [3.05, 3.63) is 0 Å². The maximum atomic E-state index is 10.4. The lowest BCUT2D eigenvalue weighted by atomic mass is 10.5. The van der Waals surface area contributed by atoms with Crippen LogP contribution in [0.3, 0.4) is 0 Å². The number of hydrogen-bond acceptors (Lipinski definition) is 3. The molecule has 2 amide bonds. The van der Waals surface area contributed by atoms with E-state index in [1.807, 2.05) is 0 Å². The number of rotatable bonds is 1. The number of alkyl carbamates (subject to hydrolysis) is 1. The van der Waals surface area contributed by atoms with Crippen LogP contribution in [0.2, 0.25) is 0 Å². The minimum atomic E-state index is -0.495. The first-order valence-corrected chi connectivity index (χ1v) is 2.90. The molecule has 1 fully saturated rings. The summed E-state index contributed by atoms with van der Waals surface area (Å²) in [6.45, 7) is 1.71. The molecule has 0 aromatic carbocycles. The molecule has 2 N–H and O–H groups in total. The van der Waals surface area contributed by atoms with E-state index in [2.05, 4.69) is 15.4 Å². The fourth-order valence-electron chi connectivity index (χ4n) is 0.696. The average Bonchev–Trinajstić information content (AvgIpc) is 2.13. The molecule has 1 aliphatic rings. The molecule has 1 atom stereocenters. The van der Waals surface area contributed by atoms with Crippen molar-refractivity contribution in [1.29, 1.82) is 0 Å². The number of nitrogens with one attached hydrogen (secondary N) is 2. The second-order valence-electron chi connectivity index (χ2n) is 1.98. The maximum absolute atomic E-state index is 10.4. The molecule has 1 rings (SSSR count). The van der Waals surface area contributed by atoms with Crippen LogP contribution in [-0.4, -0.2) is 24.8 Å². The molecule has 0 aromatic rings. The molecule has 0 spiro atoms. The van der Waals surface area contributed by atoms with Crippen LogP contribution in [0, 0.1) is 0 Å². The Morgan fingerprint density at radius 2 is 2.60 bits per heavy atom. The van der Waals surface area contributed by atoms with E-state index in [-0.39, 0.29) is 5.91 Å². The first kappa shape index (κ1) is 6.85. The van der Waals surface area contributed by atoms with Crippen molar-refractivity contribution in [2.45, 2.75) is 13.2 Å². The van der Waals surface area contributed by atoms with E-state index in [4.69, 9.17) is 0 Å². The van der Waals surface area contributed by atoms with Crippen molar-refractivity contribution in [2.75, 3.05) is 6.54 Å². The van der Waals surface area contributed by atoms with Crippen molar-refractivity contribution in [1.82, 2.24) is 10.6 Å². The van der Waals surface area contributed by atoms with Gasteiger partial charge in [-0.1, -0.05) is 0 Å². The van der Waals surface area contributed by atoms with Crippen LogP contribution < -0.4 is 10.6 Å². The van der Waals surface area contributed by atoms with Gasteiger partial charge in [-0.15, -0.1) is 0 Å². The van der Waals surface area contributed by atoms with Crippen LogP contribution in [0.4, 0.5) is 4.79 Å². The number of ether oxygens (including phenoxy) is 1. The summed E-state index contributed by atoms with van der Waals surface area (Å²) in [5.41, 5.74) is 0. The lowest BCUT2D eigenvalue weighted by Crippen LogP contribution is -2.35. The Bertz CT molecular complexity index is 168. The third-order valence-corrected chi connectivity index (χ3v) is 1.05. The zero-order valence-electron chi connectivity index (χ0n) is 5.51. The molecular weight excluding hydrogens is 136 g/mol. The number of amides is 2. The molecule has 10 heavy (non-hydrogen) atoms. The van der Waals surface area contributed by atoms with Crippen molar-refractivity contribution < 1.29 is 14.3 Å². The average molecular weight is 144 g/mol. The van der Waals surface area contributed by atoms with Gasteiger partial charge < -0.3 is 15.4 Å². The standard InChI is InChI=1S/C5H8N2O3/c1-3(8)7-4-2-6-5(9)10-4/h4H,2H2,1H3,(H,6,9)(H,7,8). The van der Waals surface area contributed by atoms with E-state index in [9.17, 15) is 9.59 Å². The van der Waals surface area contributed by atoms with Crippen LogP contribution in [0.5, 0.6) is 0 Å². The first-order valence-electron chi connectivity index (χ1n) is 2.90. The van der Waals surface area contributed by atoms with E-state index in [1.165, 1.54) is 6.92 Å². The second kappa shape index (κ2) is 2.55. The third kappa shape index (κ3) is 1.61. The van der Waals surface area contributed by atoms with Crippen molar-refractivity contribution in [3.63, 3.8) is 0 Å². The van der Waals surface area contributed by atoms with Crippen LogP contribution in [0.15, 0.2) is 0 Å². The largest absolute Gasteiger partial charge is 0.424 e. The summed E-state index contributed by atoms with van der Waals surface area (Å²) in [7, 11) is 0. The predicted molar refractivity (Wildman–Crippen MR) is 32.1 cm³/mol. The number of hydrogen-bond donors (Lipinski definition) is 2. The molecule has 1 aliphatic heterocycles. The zero-order chi connectivity index (χ0) is 7.56. The molecule has 0 aromatic heterocycles. The minimum Gasteiger partial charge on any atom is -0.424 e. The van der Waals surface area contributed by atoms with Crippen LogP contribution in [0.1, 0.15) is 6.92 Å². The molecule has 1 heterocycles. The molecular formula is C5H8N2O3. The molecule has 0 radical (unpaired) electrons. The van der Waals surface area contributed by atoms with Gasteiger partial charge in [-0.3, -0.25) is 4.79 Å². The van der Waals surface area contributed by atoms with Gasteiger partial charge in [0.1, 0.15) is 0 Å². The second-order valence-corrected chi connectivity index (χ2v) is 1.98. The molecule has 1 saturated heterocycles. The summed E-state index contributed by atoms with van der Waals surface area (Å²) in [6, 6.07) is 0. The van der Waals surface area contributed by atoms with Gasteiger partial charge >= 0.3 is 6.09 Å². The Morgan fingerprint density at radius 1 is 1.90 bits per heavy atom. The van der Waals surface area contributed by atoms with Gasteiger partial charge in [0, 0.05) is 6.92 Å². The van der Waals surface area contributed by atoms with Gasteiger partial charge in [0.05, 0.1) is 6.54 Å². The lowest BCUT2D eigenvalue weighted by molar-refractivity contribution is -0.121. The summed E-state index contributed by atoms with van der Waals surface area (Å²) >= 11 is 0. The highest BCUT2D eigenvalue weighted by Gasteiger charge is 2.22. The Labute approximate surface area is 57.7 Å². The Balaban J connectivity index is 2.31.